The van der Waals surface area contributed by atoms with Gasteiger partial charge in [-0.3, -0.25) is 9.69 Å². The van der Waals surface area contributed by atoms with Gasteiger partial charge >= 0.3 is 0 Å². The SMILES string of the molecule is Cc1ccc2occ(SCN3CCN(C)CC3)c(=O)c2c1. The van der Waals surface area contributed by atoms with E-state index in [-0.39, 0.29) is 5.43 Å². The predicted octanol–water partition coefficient (Wildman–Crippen LogP) is 2.40. The lowest BCUT2D eigenvalue weighted by molar-refractivity contribution is 0.175. The van der Waals surface area contributed by atoms with Crippen LogP contribution in [0.15, 0.2) is 38.6 Å². The van der Waals surface area contributed by atoms with Crippen molar-refractivity contribution >= 4 is 22.7 Å². The van der Waals surface area contributed by atoms with Gasteiger partial charge in [0.15, 0.2) is 0 Å². The molecule has 0 saturated carbocycles. The fraction of sp³-hybridized carbons (Fsp3) is 0.438. The molecule has 0 spiro atoms. The van der Waals surface area contributed by atoms with Crippen LogP contribution >= 0.6 is 11.8 Å². The molecule has 4 nitrogen and oxygen atoms in total. The van der Waals surface area contributed by atoms with Crippen LogP contribution < -0.4 is 5.43 Å². The molecule has 21 heavy (non-hydrogen) atoms. The van der Waals surface area contributed by atoms with E-state index in [0.29, 0.717) is 15.9 Å². The van der Waals surface area contributed by atoms with Crippen molar-refractivity contribution in [3.63, 3.8) is 0 Å². The molecule has 0 aliphatic carbocycles. The smallest absolute Gasteiger partial charge is 0.206 e. The van der Waals surface area contributed by atoms with Crippen molar-refractivity contribution in [3.8, 4) is 0 Å². The maximum Gasteiger partial charge on any atom is 0.206 e. The van der Waals surface area contributed by atoms with Gasteiger partial charge in [0.2, 0.25) is 5.43 Å². The third kappa shape index (κ3) is 3.31. The fourth-order valence-electron chi connectivity index (χ4n) is 2.46. The van der Waals surface area contributed by atoms with E-state index < -0.39 is 0 Å². The van der Waals surface area contributed by atoms with Gasteiger partial charge in [-0.15, -0.1) is 11.8 Å². The van der Waals surface area contributed by atoms with E-state index in [1.807, 2.05) is 25.1 Å². The van der Waals surface area contributed by atoms with Crippen LogP contribution in [-0.4, -0.2) is 48.9 Å². The molecule has 0 N–H and O–H groups in total. The molecule has 0 atom stereocenters. The highest BCUT2D eigenvalue weighted by molar-refractivity contribution is 7.99. The largest absolute Gasteiger partial charge is 0.463 e. The molecule has 0 bridgehead atoms. The summed E-state index contributed by atoms with van der Waals surface area (Å²) in [4.78, 5) is 17.9. The molecule has 0 unspecified atom stereocenters. The van der Waals surface area contributed by atoms with Crippen LogP contribution in [0.1, 0.15) is 5.56 Å². The molecule has 1 aliphatic rings. The van der Waals surface area contributed by atoms with Crippen LogP contribution in [0, 0.1) is 6.92 Å². The normalized spacial score (nSPS) is 17.4. The molecule has 5 heteroatoms. The predicted molar refractivity (Wildman–Crippen MR) is 87.0 cm³/mol. The molecule has 1 saturated heterocycles. The fourth-order valence-corrected chi connectivity index (χ4v) is 3.40. The van der Waals surface area contributed by atoms with Gasteiger partial charge in [0, 0.05) is 32.1 Å². The zero-order valence-corrected chi connectivity index (χ0v) is 13.3. The second kappa shape index (κ2) is 6.22. The van der Waals surface area contributed by atoms with Crippen molar-refractivity contribution in [3.05, 3.63) is 40.2 Å². The number of piperazine rings is 1. The molecule has 112 valence electrons. The van der Waals surface area contributed by atoms with Crippen LogP contribution in [0.5, 0.6) is 0 Å². The maximum absolute atomic E-state index is 12.5. The Morgan fingerprint density at radius 2 is 2.00 bits per heavy atom. The Labute approximate surface area is 128 Å². The van der Waals surface area contributed by atoms with Crippen LogP contribution in [0.2, 0.25) is 0 Å². The summed E-state index contributed by atoms with van der Waals surface area (Å²) >= 11 is 1.58. The van der Waals surface area contributed by atoms with E-state index in [1.165, 1.54) is 0 Å². The number of hydrogen-bond acceptors (Lipinski definition) is 5. The highest BCUT2D eigenvalue weighted by atomic mass is 32.2. The van der Waals surface area contributed by atoms with E-state index in [9.17, 15) is 4.79 Å². The Morgan fingerprint density at radius 1 is 1.24 bits per heavy atom. The number of thioether (sulfide) groups is 1. The summed E-state index contributed by atoms with van der Waals surface area (Å²) in [5.74, 6) is 0.843. The first-order chi connectivity index (χ1) is 10.1. The van der Waals surface area contributed by atoms with Gasteiger partial charge in [0.25, 0.3) is 0 Å². The van der Waals surface area contributed by atoms with Crippen molar-refractivity contribution in [2.75, 3.05) is 39.1 Å². The Balaban J connectivity index is 1.75. The molecule has 2 aromatic rings. The van der Waals surface area contributed by atoms with Crippen LogP contribution in [-0.2, 0) is 0 Å². The van der Waals surface area contributed by atoms with E-state index in [1.54, 1.807) is 18.0 Å². The Hall–Kier alpha value is -1.30. The molecule has 1 fully saturated rings. The Kier molecular flexibility index (Phi) is 4.33. The van der Waals surface area contributed by atoms with Crippen molar-refractivity contribution in [1.29, 1.82) is 0 Å². The molecule has 3 rings (SSSR count). The summed E-state index contributed by atoms with van der Waals surface area (Å²) in [7, 11) is 2.14. The number of aryl methyl sites for hydroxylation is 1. The summed E-state index contributed by atoms with van der Waals surface area (Å²) in [6.07, 6.45) is 1.60. The summed E-state index contributed by atoms with van der Waals surface area (Å²) in [6, 6.07) is 5.73. The molecule has 1 aliphatic heterocycles. The van der Waals surface area contributed by atoms with Gasteiger partial charge in [-0.05, 0) is 26.1 Å². The number of fused-ring (bicyclic) bond motifs is 1. The second-order valence-corrected chi connectivity index (χ2v) is 6.61. The van der Waals surface area contributed by atoms with Gasteiger partial charge < -0.3 is 9.32 Å². The molecule has 0 amide bonds. The number of hydrogen-bond donors (Lipinski definition) is 0. The summed E-state index contributed by atoms with van der Waals surface area (Å²) in [5, 5.41) is 0.679. The van der Waals surface area contributed by atoms with Gasteiger partial charge in [0.05, 0.1) is 10.3 Å². The van der Waals surface area contributed by atoms with Gasteiger partial charge in [-0.1, -0.05) is 11.6 Å². The zero-order chi connectivity index (χ0) is 14.8. The Bertz CT molecular complexity index is 690. The quantitative estimate of drug-likeness (QED) is 0.814. The number of nitrogens with zero attached hydrogens (tertiary/aromatic N) is 2. The summed E-state index contributed by atoms with van der Waals surface area (Å²) in [6.45, 7) is 6.28. The van der Waals surface area contributed by atoms with Gasteiger partial charge in [-0.2, -0.15) is 0 Å². The zero-order valence-electron chi connectivity index (χ0n) is 12.5. The third-order valence-corrected chi connectivity index (χ3v) is 4.98. The monoisotopic (exact) mass is 304 g/mol. The van der Waals surface area contributed by atoms with Crippen molar-refractivity contribution in [2.45, 2.75) is 11.8 Å². The first-order valence-electron chi connectivity index (χ1n) is 7.19. The van der Waals surface area contributed by atoms with Crippen molar-refractivity contribution < 1.29 is 4.42 Å². The minimum absolute atomic E-state index is 0.0825. The molecular formula is C16H20N2O2S. The minimum atomic E-state index is 0.0825. The molecule has 1 aromatic heterocycles. The first kappa shape index (κ1) is 14.6. The average molecular weight is 304 g/mol. The molecule has 2 heterocycles. The molecule has 0 radical (unpaired) electrons. The highest BCUT2D eigenvalue weighted by Gasteiger charge is 2.15. The molecule has 1 aromatic carbocycles. The van der Waals surface area contributed by atoms with Crippen LogP contribution in [0.25, 0.3) is 11.0 Å². The summed E-state index contributed by atoms with van der Waals surface area (Å²) in [5.41, 5.74) is 1.82. The third-order valence-electron chi connectivity index (χ3n) is 3.89. The van der Waals surface area contributed by atoms with E-state index in [4.69, 9.17) is 4.42 Å². The Morgan fingerprint density at radius 3 is 2.76 bits per heavy atom. The van der Waals surface area contributed by atoms with Crippen molar-refractivity contribution in [1.82, 2.24) is 9.80 Å². The van der Waals surface area contributed by atoms with Gasteiger partial charge in [0.1, 0.15) is 11.8 Å². The number of benzene rings is 1. The lowest BCUT2D eigenvalue weighted by Crippen LogP contribution is -2.44. The highest BCUT2D eigenvalue weighted by Crippen LogP contribution is 2.20. The molecular weight excluding hydrogens is 284 g/mol. The first-order valence-corrected chi connectivity index (χ1v) is 8.18. The van der Waals surface area contributed by atoms with Crippen LogP contribution in [0.4, 0.5) is 0 Å². The van der Waals surface area contributed by atoms with E-state index in [0.717, 1.165) is 37.6 Å². The standard InChI is InChI=1S/C16H20N2O2S/c1-12-3-4-14-13(9-12)16(19)15(10-20-14)21-11-18-7-5-17(2)6-8-18/h3-4,9-10H,5-8,11H2,1-2H3. The lowest BCUT2D eigenvalue weighted by Gasteiger charge is -2.31. The van der Waals surface area contributed by atoms with Crippen molar-refractivity contribution in [2.24, 2.45) is 0 Å². The van der Waals surface area contributed by atoms with Crippen LogP contribution in [0.3, 0.4) is 0 Å². The number of rotatable bonds is 3. The topological polar surface area (TPSA) is 36.7 Å². The lowest BCUT2D eigenvalue weighted by atomic mass is 10.1. The minimum Gasteiger partial charge on any atom is -0.463 e. The van der Waals surface area contributed by atoms with E-state index >= 15 is 0 Å². The maximum atomic E-state index is 12.5. The second-order valence-electron chi connectivity index (χ2n) is 5.62. The summed E-state index contributed by atoms with van der Waals surface area (Å²) < 4.78 is 5.59. The average Bonchev–Trinajstić information content (AvgIpc) is 2.49. The van der Waals surface area contributed by atoms with Gasteiger partial charge in [-0.25, -0.2) is 0 Å². The van der Waals surface area contributed by atoms with E-state index in [2.05, 4.69) is 16.8 Å². The number of likely N-dealkylation sites (N-methyl/N-ethyl adjacent to an activating group) is 1.